The van der Waals surface area contributed by atoms with Crippen molar-refractivity contribution in [3.05, 3.63) is 59.2 Å². The molecule has 0 spiro atoms. The van der Waals surface area contributed by atoms with Crippen molar-refractivity contribution < 1.29 is 22.5 Å². The van der Waals surface area contributed by atoms with Crippen LogP contribution in [0.3, 0.4) is 0 Å². The van der Waals surface area contributed by atoms with Crippen molar-refractivity contribution in [3.63, 3.8) is 0 Å². The average Bonchev–Trinajstić information content (AvgIpc) is 3.15. The predicted octanol–water partition coefficient (Wildman–Crippen LogP) is 2.98. The van der Waals surface area contributed by atoms with Gasteiger partial charge in [-0.3, -0.25) is 14.4 Å². The topological polar surface area (TPSA) is 115 Å². The van der Waals surface area contributed by atoms with Crippen LogP contribution in [-0.2, 0) is 27.8 Å². The fraction of sp³-hybridized carbons (Fsp3) is 0.286. The summed E-state index contributed by atoms with van der Waals surface area (Å²) in [5.74, 6) is 0.771. The normalized spacial score (nSPS) is 13.6. The average molecular weight is 442 g/mol. The number of aryl methyl sites for hydroxylation is 3. The van der Waals surface area contributed by atoms with Gasteiger partial charge in [-0.05, 0) is 36.6 Å². The van der Waals surface area contributed by atoms with Gasteiger partial charge >= 0.3 is 0 Å². The lowest BCUT2D eigenvalue weighted by molar-refractivity contribution is -0.121. The Morgan fingerprint density at radius 2 is 1.97 bits per heavy atom. The van der Waals surface area contributed by atoms with Crippen molar-refractivity contribution in [2.45, 2.75) is 38.6 Å². The molecule has 2 aromatic carbocycles. The molecule has 3 aromatic rings. The molecule has 0 aliphatic carbocycles. The fourth-order valence-corrected chi connectivity index (χ4v) is 4.81. The summed E-state index contributed by atoms with van der Waals surface area (Å²) < 4.78 is 39.5. The number of para-hydroxylation sites is 1. The van der Waals surface area contributed by atoms with Gasteiger partial charge < -0.3 is 9.26 Å². The maximum absolute atomic E-state index is 13.1. The molecule has 2 heterocycles. The van der Waals surface area contributed by atoms with Crippen molar-refractivity contribution in [2.75, 3.05) is 16.2 Å². The van der Waals surface area contributed by atoms with Gasteiger partial charge in [0.05, 0.1) is 22.8 Å². The summed E-state index contributed by atoms with van der Waals surface area (Å²) in [6.45, 7) is 5.19. The van der Waals surface area contributed by atoms with Crippen LogP contribution in [0.15, 0.2) is 45.8 Å². The summed E-state index contributed by atoms with van der Waals surface area (Å²) in [4.78, 5) is 18.1. The fourth-order valence-electron chi connectivity index (χ4n) is 3.47. The van der Waals surface area contributed by atoms with Crippen LogP contribution in [0, 0.1) is 13.8 Å². The van der Waals surface area contributed by atoms with Gasteiger partial charge in [-0.15, -0.1) is 0 Å². The molecular weight excluding hydrogens is 420 g/mol. The number of ether oxygens (including phenoxy) is 1. The summed E-state index contributed by atoms with van der Waals surface area (Å²) in [7, 11) is -3.87. The Morgan fingerprint density at radius 3 is 2.68 bits per heavy atom. The van der Waals surface area contributed by atoms with Crippen molar-refractivity contribution in [1.29, 1.82) is 0 Å². The van der Waals surface area contributed by atoms with Gasteiger partial charge in [0, 0.05) is 13.0 Å². The Balaban J connectivity index is 1.69. The molecule has 0 radical (unpaired) electrons. The lowest BCUT2D eigenvalue weighted by Gasteiger charge is -2.29. The minimum Gasteiger partial charge on any atom is -0.482 e. The summed E-state index contributed by atoms with van der Waals surface area (Å²) in [5.41, 5.74) is 2.37. The smallest absolute Gasteiger partial charge is 0.265 e. The van der Waals surface area contributed by atoms with Crippen LogP contribution >= 0.6 is 0 Å². The Labute approximate surface area is 180 Å². The van der Waals surface area contributed by atoms with Crippen LogP contribution in [0.2, 0.25) is 0 Å². The highest BCUT2D eigenvalue weighted by Crippen LogP contribution is 2.37. The van der Waals surface area contributed by atoms with Crippen LogP contribution in [0.25, 0.3) is 0 Å². The molecule has 0 saturated heterocycles. The molecule has 31 heavy (non-hydrogen) atoms. The number of benzene rings is 2. The Hall–Kier alpha value is -3.40. The van der Waals surface area contributed by atoms with Gasteiger partial charge in [-0.25, -0.2) is 8.42 Å². The molecule has 0 saturated carbocycles. The Bertz CT molecular complexity index is 1250. The predicted molar refractivity (Wildman–Crippen MR) is 114 cm³/mol. The van der Waals surface area contributed by atoms with Crippen LogP contribution < -0.4 is 14.4 Å². The zero-order chi connectivity index (χ0) is 22.2. The van der Waals surface area contributed by atoms with E-state index < -0.39 is 10.0 Å². The molecule has 0 unspecified atom stereocenters. The quantitative estimate of drug-likeness (QED) is 0.624. The first kappa shape index (κ1) is 20.9. The molecule has 9 nitrogen and oxygen atoms in total. The van der Waals surface area contributed by atoms with E-state index in [4.69, 9.17) is 9.26 Å². The number of nitrogens with zero attached hydrogens (tertiary/aromatic N) is 3. The monoisotopic (exact) mass is 442 g/mol. The molecule has 0 bridgehead atoms. The summed E-state index contributed by atoms with van der Waals surface area (Å²) in [6.07, 6.45) is 0.692. The maximum atomic E-state index is 13.1. The molecule has 1 aromatic heterocycles. The molecule has 0 fully saturated rings. The summed E-state index contributed by atoms with van der Waals surface area (Å²) in [5, 5.41) is 3.83. The lowest BCUT2D eigenvalue weighted by atomic mass is 10.1. The minimum atomic E-state index is -3.87. The summed E-state index contributed by atoms with van der Waals surface area (Å²) in [6, 6.07) is 10.3. The lowest BCUT2D eigenvalue weighted by Crippen LogP contribution is -2.38. The number of hydrogen-bond acceptors (Lipinski definition) is 7. The van der Waals surface area contributed by atoms with Crippen molar-refractivity contribution in [2.24, 2.45) is 0 Å². The number of sulfonamides is 1. The molecule has 10 heteroatoms. The van der Waals surface area contributed by atoms with E-state index in [0.717, 1.165) is 5.56 Å². The van der Waals surface area contributed by atoms with Crippen molar-refractivity contribution in [3.8, 4) is 5.75 Å². The Kier molecular flexibility index (Phi) is 5.40. The van der Waals surface area contributed by atoms with Gasteiger partial charge in [-0.1, -0.05) is 30.3 Å². The second-order valence-electron chi connectivity index (χ2n) is 7.20. The summed E-state index contributed by atoms with van der Waals surface area (Å²) >= 11 is 0. The number of hydrogen-bond donors (Lipinski definition) is 1. The number of rotatable bonds is 6. The van der Waals surface area contributed by atoms with Crippen molar-refractivity contribution in [1.82, 2.24) is 10.1 Å². The van der Waals surface area contributed by atoms with Crippen LogP contribution in [0.1, 0.15) is 29.8 Å². The second kappa shape index (κ2) is 8.03. The largest absolute Gasteiger partial charge is 0.482 e. The number of fused-ring (bicyclic) bond motifs is 1. The van der Waals surface area contributed by atoms with E-state index in [1.807, 2.05) is 19.1 Å². The molecule has 4 rings (SSSR count). The number of amides is 1. The zero-order valence-electron chi connectivity index (χ0n) is 17.4. The van der Waals surface area contributed by atoms with Gasteiger partial charge in [-0.2, -0.15) is 4.98 Å². The minimum absolute atomic E-state index is 0.0851. The first-order chi connectivity index (χ1) is 14.8. The molecular formula is C21H22N4O5S. The molecule has 1 aliphatic heterocycles. The molecule has 162 valence electrons. The number of nitrogens with one attached hydrogen (secondary N) is 1. The highest BCUT2D eigenvalue weighted by atomic mass is 32.2. The molecule has 0 atom stereocenters. The number of carbonyl (C=O) groups excluding carboxylic acids is 1. The molecule has 1 amide bonds. The highest BCUT2D eigenvalue weighted by molar-refractivity contribution is 7.92. The third-order valence-corrected chi connectivity index (χ3v) is 6.51. The highest BCUT2D eigenvalue weighted by Gasteiger charge is 2.30. The number of aromatic nitrogens is 2. The van der Waals surface area contributed by atoms with E-state index in [1.165, 1.54) is 11.0 Å². The maximum Gasteiger partial charge on any atom is 0.265 e. The van der Waals surface area contributed by atoms with E-state index >= 15 is 0 Å². The van der Waals surface area contributed by atoms with E-state index in [9.17, 15) is 13.2 Å². The van der Waals surface area contributed by atoms with Crippen LogP contribution in [-0.4, -0.2) is 31.1 Å². The Morgan fingerprint density at radius 1 is 1.19 bits per heavy atom. The molecule has 1 N–H and O–H groups in total. The third kappa shape index (κ3) is 4.11. The van der Waals surface area contributed by atoms with E-state index in [1.54, 1.807) is 32.0 Å². The molecule has 1 aliphatic rings. The van der Waals surface area contributed by atoms with E-state index in [0.29, 0.717) is 40.8 Å². The van der Waals surface area contributed by atoms with Gasteiger partial charge in [0.1, 0.15) is 5.75 Å². The van der Waals surface area contributed by atoms with Gasteiger partial charge in [0.2, 0.25) is 5.89 Å². The first-order valence-electron chi connectivity index (χ1n) is 9.76. The third-order valence-electron chi connectivity index (χ3n) is 5.00. The van der Waals surface area contributed by atoms with E-state index in [2.05, 4.69) is 14.9 Å². The number of anilines is 2. The van der Waals surface area contributed by atoms with Crippen molar-refractivity contribution >= 4 is 27.3 Å². The van der Waals surface area contributed by atoms with E-state index in [-0.39, 0.29) is 24.0 Å². The van der Waals surface area contributed by atoms with Crippen LogP contribution in [0.4, 0.5) is 11.4 Å². The van der Waals surface area contributed by atoms with Gasteiger partial charge in [0.15, 0.2) is 12.4 Å². The standard InChI is InChI=1S/C21H22N4O5S/c1-4-15-7-5-6-8-16(15)24-31(27,28)19-10-18-17(9-13(19)2)25(21(26)12-29-18)11-20-22-14(3)30-23-20/h5-10,24H,4,11-12H2,1-3H3. The zero-order valence-corrected chi connectivity index (χ0v) is 18.2. The SMILES string of the molecule is CCc1ccccc1NS(=O)(=O)c1cc2c(cc1C)N(Cc1noc(C)n1)C(=O)CO2. The van der Waals surface area contributed by atoms with Crippen LogP contribution in [0.5, 0.6) is 5.75 Å². The van der Waals surface area contributed by atoms with Gasteiger partial charge in [0.25, 0.3) is 15.9 Å². The second-order valence-corrected chi connectivity index (χ2v) is 8.85. The first-order valence-corrected chi connectivity index (χ1v) is 11.2. The number of carbonyl (C=O) groups is 1.